The third kappa shape index (κ3) is 6.68. The highest BCUT2D eigenvalue weighted by atomic mass is 16.5. The second kappa shape index (κ2) is 11.9. The van der Waals surface area contributed by atoms with E-state index in [4.69, 9.17) is 9.47 Å². The summed E-state index contributed by atoms with van der Waals surface area (Å²) >= 11 is 0. The third-order valence-corrected chi connectivity index (χ3v) is 6.84. The Morgan fingerprint density at radius 2 is 1.86 bits per heavy atom. The molecular weight excluding hydrogens is 464 g/mol. The SMILES string of the molecule is Cc1ccc(OC[C@H]2C[C@@H](C(=O)NCCOc3ccccc3)CN(Cc3c[nH]c4ccccc34)C2)cn1. The van der Waals surface area contributed by atoms with Crippen molar-refractivity contribution in [2.24, 2.45) is 11.8 Å². The van der Waals surface area contributed by atoms with Crippen LogP contribution in [0.4, 0.5) is 0 Å². The zero-order chi connectivity index (χ0) is 25.5. The number of rotatable bonds is 10. The van der Waals surface area contributed by atoms with Gasteiger partial charge in [0.2, 0.25) is 5.91 Å². The number of likely N-dealkylation sites (tertiary alicyclic amines) is 1. The highest BCUT2D eigenvalue weighted by Gasteiger charge is 2.32. The van der Waals surface area contributed by atoms with Crippen molar-refractivity contribution in [2.45, 2.75) is 19.9 Å². The van der Waals surface area contributed by atoms with Gasteiger partial charge in [-0.1, -0.05) is 36.4 Å². The summed E-state index contributed by atoms with van der Waals surface area (Å²) in [7, 11) is 0. The van der Waals surface area contributed by atoms with E-state index in [-0.39, 0.29) is 17.7 Å². The first kappa shape index (κ1) is 24.8. The molecule has 1 saturated heterocycles. The van der Waals surface area contributed by atoms with Crippen molar-refractivity contribution in [1.29, 1.82) is 0 Å². The van der Waals surface area contributed by atoms with Crippen LogP contribution in [0.25, 0.3) is 10.9 Å². The van der Waals surface area contributed by atoms with Crippen molar-refractivity contribution in [1.82, 2.24) is 20.2 Å². The monoisotopic (exact) mass is 498 g/mol. The van der Waals surface area contributed by atoms with Gasteiger partial charge in [0.25, 0.3) is 0 Å². The van der Waals surface area contributed by atoms with Gasteiger partial charge >= 0.3 is 0 Å². The number of hydrogen-bond acceptors (Lipinski definition) is 5. The number of fused-ring (bicyclic) bond motifs is 1. The summed E-state index contributed by atoms with van der Waals surface area (Å²) in [6, 6.07) is 21.9. The summed E-state index contributed by atoms with van der Waals surface area (Å²) in [5, 5.41) is 4.31. The van der Waals surface area contributed by atoms with Gasteiger partial charge in [-0.25, -0.2) is 0 Å². The van der Waals surface area contributed by atoms with Gasteiger partial charge in [0.05, 0.1) is 25.3 Å². The number of nitrogens with zero attached hydrogens (tertiary/aromatic N) is 2. The molecule has 2 aromatic carbocycles. The van der Waals surface area contributed by atoms with Crippen LogP contribution < -0.4 is 14.8 Å². The van der Waals surface area contributed by atoms with Crippen LogP contribution in [0.2, 0.25) is 0 Å². The summed E-state index contributed by atoms with van der Waals surface area (Å²) in [4.78, 5) is 23.3. The predicted molar refractivity (Wildman–Crippen MR) is 145 cm³/mol. The van der Waals surface area contributed by atoms with E-state index >= 15 is 0 Å². The number of amides is 1. The number of H-pyrrole nitrogens is 1. The molecular formula is C30H34N4O3. The lowest BCUT2D eigenvalue weighted by atomic mass is 9.88. The second-order valence-electron chi connectivity index (χ2n) is 9.75. The smallest absolute Gasteiger partial charge is 0.224 e. The molecule has 1 aliphatic heterocycles. The first-order valence-electron chi connectivity index (χ1n) is 12.9. The molecule has 0 bridgehead atoms. The van der Waals surface area contributed by atoms with E-state index in [1.807, 2.05) is 55.5 Å². The number of pyridine rings is 1. The van der Waals surface area contributed by atoms with Gasteiger partial charge in [-0.05, 0) is 49.2 Å². The van der Waals surface area contributed by atoms with E-state index in [0.717, 1.165) is 42.2 Å². The first-order chi connectivity index (χ1) is 18.1. The molecule has 0 aliphatic carbocycles. The maximum Gasteiger partial charge on any atom is 0.224 e. The zero-order valence-corrected chi connectivity index (χ0v) is 21.2. The zero-order valence-electron chi connectivity index (χ0n) is 21.2. The van der Waals surface area contributed by atoms with E-state index in [1.54, 1.807) is 6.20 Å². The molecule has 3 heterocycles. The van der Waals surface area contributed by atoms with Gasteiger partial charge in [-0.2, -0.15) is 0 Å². The number of aryl methyl sites for hydroxylation is 1. The van der Waals surface area contributed by atoms with Crippen LogP contribution in [0.5, 0.6) is 11.5 Å². The van der Waals surface area contributed by atoms with Crippen molar-refractivity contribution in [2.75, 3.05) is 32.8 Å². The van der Waals surface area contributed by atoms with Crippen LogP contribution in [0.1, 0.15) is 17.7 Å². The topological polar surface area (TPSA) is 79.5 Å². The van der Waals surface area contributed by atoms with E-state index < -0.39 is 0 Å². The summed E-state index contributed by atoms with van der Waals surface area (Å²) in [6.45, 7) is 5.80. The normalized spacial score (nSPS) is 18.0. The molecule has 0 unspecified atom stereocenters. The van der Waals surface area contributed by atoms with Crippen molar-refractivity contribution in [3.05, 3.63) is 90.4 Å². The summed E-state index contributed by atoms with van der Waals surface area (Å²) in [5.74, 6) is 1.76. The molecule has 1 amide bonds. The van der Waals surface area contributed by atoms with Crippen LogP contribution in [0.15, 0.2) is 79.1 Å². The minimum absolute atomic E-state index is 0.0716. The van der Waals surface area contributed by atoms with Gasteiger partial charge in [0.1, 0.15) is 18.1 Å². The Kier molecular flexibility index (Phi) is 8.01. The Balaban J connectivity index is 1.21. The van der Waals surface area contributed by atoms with E-state index in [0.29, 0.717) is 26.3 Å². The number of aromatic amines is 1. The Bertz CT molecular complexity index is 1290. The molecule has 0 radical (unpaired) electrons. The van der Waals surface area contributed by atoms with Crippen molar-refractivity contribution >= 4 is 16.8 Å². The highest BCUT2D eigenvalue weighted by molar-refractivity contribution is 5.83. The van der Waals surface area contributed by atoms with Gasteiger partial charge in [0, 0.05) is 48.3 Å². The van der Waals surface area contributed by atoms with Crippen molar-refractivity contribution in [3.8, 4) is 11.5 Å². The van der Waals surface area contributed by atoms with Crippen LogP contribution in [0.3, 0.4) is 0 Å². The lowest BCUT2D eigenvalue weighted by Gasteiger charge is -2.37. The number of aromatic nitrogens is 2. The number of carbonyl (C=O) groups excluding carboxylic acids is 1. The van der Waals surface area contributed by atoms with Crippen LogP contribution in [-0.2, 0) is 11.3 Å². The molecule has 7 heteroatoms. The fraction of sp³-hybridized carbons (Fsp3) is 0.333. The molecule has 1 fully saturated rings. The Hall–Kier alpha value is -3.84. The van der Waals surface area contributed by atoms with E-state index in [1.165, 1.54) is 10.9 Å². The molecule has 7 nitrogen and oxygen atoms in total. The van der Waals surface area contributed by atoms with Gasteiger partial charge in [-0.15, -0.1) is 0 Å². The largest absolute Gasteiger partial charge is 0.492 e. The third-order valence-electron chi connectivity index (χ3n) is 6.84. The van der Waals surface area contributed by atoms with Crippen molar-refractivity contribution < 1.29 is 14.3 Å². The fourth-order valence-corrected chi connectivity index (χ4v) is 5.00. The standard InChI is InChI=1S/C30H34N4O3/c1-22-11-12-27(17-32-22)37-21-23-15-24(30(35)31-13-14-36-26-7-3-2-4-8-26)19-34(18-23)20-25-16-33-29-10-6-5-9-28(25)29/h2-12,16-17,23-24,33H,13-15,18-21H2,1H3,(H,31,35)/t23-,24+/m0/s1. The first-order valence-corrected chi connectivity index (χ1v) is 12.9. The Labute approximate surface area is 217 Å². The van der Waals surface area contributed by atoms with Crippen LogP contribution >= 0.6 is 0 Å². The van der Waals surface area contributed by atoms with E-state index in [2.05, 4.69) is 44.6 Å². The number of nitrogens with one attached hydrogen (secondary N) is 2. The number of ether oxygens (including phenoxy) is 2. The molecule has 1 aliphatic rings. The van der Waals surface area contributed by atoms with Gasteiger partial charge in [0.15, 0.2) is 0 Å². The molecule has 192 valence electrons. The molecule has 2 aromatic heterocycles. The highest BCUT2D eigenvalue weighted by Crippen LogP contribution is 2.27. The van der Waals surface area contributed by atoms with E-state index in [9.17, 15) is 4.79 Å². The summed E-state index contributed by atoms with van der Waals surface area (Å²) < 4.78 is 11.8. The second-order valence-corrected chi connectivity index (χ2v) is 9.75. The minimum atomic E-state index is -0.111. The lowest BCUT2D eigenvalue weighted by Crippen LogP contribution is -2.47. The fourth-order valence-electron chi connectivity index (χ4n) is 5.00. The minimum Gasteiger partial charge on any atom is -0.492 e. The molecule has 37 heavy (non-hydrogen) atoms. The molecule has 0 spiro atoms. The predicted octanol–water partition coefficient (Wildman–Crippen LogP) is 4.58. The Morgan fingerprint density at radius 1 is 1.03 bits per heavy atom. The molecule has 2 atom stereocenters. The van der Waals surface area contributed by atoms with Gasteiger partial charge in [-0.3, -0.25) is 14.7 Å². The average molecular weight is 499 g/mol. The molecule has 2 N–H and O–H groups in total. The summed E-state index contributed by atoms with van der Waals surface area (Å²) in [5.41, 5.74) is 3.34. The average Bonchev–Trinajstić information content (AvgIpc) is 3.34. The van der Waals surface area contributed by atoms with Crippen molar-refractivity contribution in [3.63, 3.8) is 0 Å². The number of para-hydroxylation sites is 2. The van der Waals surface area contributed by atoms with Gasteiger partial charge < -0.3 is 19.8 Å². The number of benzene rings is 2. The number of carbonyl (C=O) groups is 1. The van der Waals surface area contributed by atoms with Crippen LogP contribution in [0, 0.1) is 18.8 Å². The molecule has 0 saturated carbocycles. The molecule has 5 rings (SSSR count). The molecule has 4 aromatic rings. The number of hydrogen-bond donors (Lipinski definition) is 2. The quantitative estimate of drug-likeness (QED) is 0.313. The summed E-state index contributed by atoms with van der Waals surface area (Å²) in [6.07, 6.45) is 4.63. The van der Waals surface area contributed by atoms with Crippen LogP contribution in [-0.4, -0.2) is 53.6 Å². The maximum absolute atomic E-state index is 13.2. The lowest BCUT2D eigenvalue weighted by molar-refractivity contribution is -0.127. The Morgan fingerprint density at radius 3 is 2.70 bits per heavy atom. The maximum atomic E-state index is 13.2. The number of piperidine rings is 1.